The fourth-order valence-corrected chi connectivity index (χ4v) is 1.48. The van der Waals surface area contributed by atoms with Crippen LogP contribution in [0.2, 0.25) is 0 Å². The van der Waals surface area contributed by atoms with Gasteiger partial charge in [-0.15, -0.1) is 0 Å². The first-order chi connectivity index (χ1) is 8.56. The third-order valence-electron chi connectivity index (χ3n) is 2.40. The summed E-state index contributed by atoms with van der Waals surface area (Å²) in [5.74, 6) is 0.363. The average molecular weight is 255 g/mol. The van der Waals surface area contributed by atoms with Crippen LogP contribution in [0.3, 0.4) is 0 Å². The summed E-state index contributed by atoms with van der Waals surface area (Å²) in [6.07, 6.45) is 2.37. The van der Waals surface area contributed by atoms with Gasteiger partial charge in [-0.05, 0) is 12.3 Å². The molecule has 0 amide bonds. The lowest BCUT2D eigenvalue weighted by molar-refractivity contribution is 0.0596. The van der Waals surface area contributed by atoms with Crippen molar-refractivity contribution >= 4 is 11.8 Å². The molecule has 0 aliphatic carbocycles. The van der Waals surface area contributed by atoms with Crippen molar-refractivity contribution in [2.75, 3.05) is 26.1 Å². The molecule has 0 aromatic carbocycles. The van der Waals surface area contributed by atoms with Gasteiger partial charge in [-0.25, -0.2) is 9.78 Å². The number of nitrogen functional groups attached to an aromatic ring is 1. The SMILES string of the molecule is COC(=O)c1ncn(CCCOCC(C)C)c1N. The molecule has 0 bridgehead atoms. The van der Waals surface area contributed by atoms with E-state index in [4.69, 9.17) is 10.5 Å². The Kier molecular flexibility index (Phi) is 5.64. The molecule has 2 N–H and O–H groups in total. The fraction of sp³-hybridized carbons (Fsp3) is 0.667. The van der Waals surface area contributed by atoms with Crippen LogP contribution in [0.1, 0.15) is 30.8 Å². The normalized spacial score (nSPS) is 10.9. The first-order valence-corrected chi connectivity index (χ1v) is 6.03. The second-order valence-electron chi connectivity index (χ2n) is 4.49. The molecule has 18 heavy (non-hydrogen) atoms. The molecule has 0 atom stereocenters. The molecule has 1 heterocycles. The van der Waals surface area contributed by atoms with Gasteiger partial charge in [0.2, 0.25) is 0 Å². The van der Waals surface area contributed by atoms with Gasteiger partial charge in [0.05, 0.1) is 13.4 Å². The van der Waals surface area contributed by atoms with Gasteiger partial charge in [-0.1, -0.05) is 13.8 Å². The van der Waals surface area contributed by atoms with Crippen molar-refractivity contribution in [2.24, 2.45) is 5.92 Å². The molecule has 6 heteroatoms. The lowest BCUT2D eigenvalue weighted by Gasteiger charge is -2.08. The summed E-state index contributed by atoms with van der Waals surface area (Å²) in [5.41, 5.74) is 5.97. The van der Waals surface area contributed by atoms with E-state index in [1.807, 2.05) is 0 Å². The van der Waals surface area contributed by atoms with Gasteiger partial charge in [0, 0.05) is 19.8 Å². The molecule has 1 aromatic rings. The Labute approximate surface area is 107 Å². The second-order valence-corrected chi connectivity index (χ2v) is 4.49. The quantitative estimate of drug-likeness (QED) is 0.587. The number of esters is 1. The van der Waals surface area contributed by atoms with Gasteiger partial charge in [0.25, 0.3) is 0 Å². The van der Waals surface area contributed by atoms with Crippen molar-refractivity contribution in [1.29, 1.82) is 0 Å². The number of ether oxygens (including phenoxy) is 2. The molecule has 0 radical (unpaired) electrons. The molecule has 0 unspecified atom stereocenters. The van der Waals surface area contributed by atoms with Crippen molar-refractivity contribution < 1.29 is 14.3 Å². The van der Waals surface area contributed by atoms with Crippen LogP contribution in [0, 0.1) is 5.92 Å². The van der Waals surface area contributed by atoms with Gasteiger partial charge in [-0.2, -0.15) is 0 Å². The van der Waals surface area contributed by atoms with Gasteiger partial charge >= 0.3 is 5.97 Å². The van der Waals surface area contributed by atoms with Crippen LogP contribution in [-0.4, -0.2) is 35.8 Å². The molecular formula is C12H21N3O3. The van der Waals surface area contributed by atoms with Gasteiger partial charge < -0.3 is 19.8 Å². The maximum absolute atomic E-state index is 11.3. The van der Waals surface area contributed by atoms with Gasteiger partial charge in [0.15, 0.2) is 5.69 Å². The summed E-state index contributed by atoms with van der Waals surface area (Å²) in [4.78, 5) is 15.2. The minimum Gasteiger partial charge on any atom is -0.464 e. The van der Waals surface area contributed by atoms with E-state index in [0.717, 1.165) is 13.0 Å². The van der Waals surface area contributed by atoms with E-state index in [9.17, 15) is 4.79 Å². The van der Waals surface area contributed by atoms with E-state index < -0.39 is 5.97 Å². The fourth-order valence-electron chi connectivity index (χ4n) is 1.48. The highest BCUT2D eigenvalue weighted by Gasteiger charge is 2.15. The standard InChI is InChI=1S/C12H21N3O3/c1-9(2)7-18-6-4-5-15-8-14-10(11(15)13)12(16)17-3/h8-9H,4-7,13H2,1-3H3. The summed E-state index contributed by atoms with van der Waals surface area (Å²) >= 11 is 0. The third-order valence-corrected chi connectivity index (χ3v) is 2.40. The van der Waals surface area contributed by atoms with Crippen molar-refractivity contribution in [3.8, 4) is 0 Å². The predicted molar refractivity (Wildman–Crippen MR) is 68.3 cm³/mol. The van der Waals surface area contributed by atoms with E-state index in [0.29, 0.717) is 24.9 Å². The number of hydrogen-bond donors (Lipinski definition) is 1. The highest BCUT2D eigenvalue weighted by atomic mass is 16.5. The minimum absolute atomic E-state index is 0.167. The van der Waals surface area contributed by atoms with Crippen LogP contribution in [0.5, 0.6) is 0 Å². The Balaban J connectivity index is 2.39. The summed E-state index contributed by atoms with van der Waals surface area (Å²) in [6.45, 7) is 6.32. The summed E-state index contributed by atoms with van der Waals surface area (Å²) in [6, 6.07) is 0. The second kappa shape index (κ2) is 7.00. The van der Waals surface area contributed by atoms with Crippen molar-refractivity contribution in [3.63, 3.8) is 0 Å². The van der Waals surface area contributed by atoms with Crippen LogP contribution in [0.4, 0.5) is 5.82 Å². The number of aromatic nitrogens is 2. The maximum atomic E-state index is 11.3. The first-order valence-electron chi connectivity index (χ1n) is 6.03. The number of carbonyl (C=O) groups is 1. The van der Waals surface area contributed by atoms with Crippen molar-refractivity contribution in [3.05, 3.63) is 12.0 Å². The lowest BCUT2D eigenvalue weighted by Crippen LogP contribution is -2.10. The van der Waals surface area contributed by atoms with Crippen LogP contribution in [-0.2, 0) is 16.0 Å². The summed E-state index contributed by atoms with van der Waals surface area (Å²) < 4.78 is 11.8. The van der Waals surface area contributed by atoms with Crippen molar-refractivity contribution in [2.45, 2.75) is 26.8 Å². The topological polar surface area (TPSA) is 79.4 Å². The highest BCUT2D eigenvalue weighted by molar-refractivity contribution is 5.91. The zero-order chi connectivity index (χ0) is 13.5. The molecule has 1 rings (SSSR count). The molecule has 0 spiro atoms. The average Bonchev–Trinajstić information content (AvgIpc) is 2.69. The van der Waals surface area contributed by atoms with Crippen molar-refractivity contribution in [1.82, 2.24) is 9.55 Å². The Bertz CT molecular complexity index is 388. The Hall–Kier alpha value is -1.56. The number of methoxy groups -OCH3 is 1. The summed E-state index contributed by atoms with van der Waals surface area (Å²) in [5, 5.41) is 0. The van der Waals surface area contributed by atoms with E-state index in [-0.39, 0.29) is 5.69 Å². The van der Waals surface area contributed by atoms with Crippen LogP contribution in [0.15, 0.2) is 6.33 Å². The highest BCUT2D eigenvalue weighted by Crippen LogP contribution is 2.11. The van der Waals surface area contributed by atoms with Crippen LogP contribution >= 0.6 is 0 Å². The molecule has 0 saturated heterocycles. The number of nitrogens with two attached hydrogens (primary N) is 1. The van der Waals surface area contributed by atoms with Crippen LogP contribution in [0.25, 0.3) is 0 Å². The monoisotopic (exact) mass is 255 g/mol. The minimum atomic E-state index is -0.512. The Morgan fingerprint density at radius 2 is 2.28 bits per heavy atom. The van der Waals surface area contributed by atoms with E-state index >= 15 is 0 Å². The van der Waals surface area contributed by atoms with E-state index in [1.54, 1.807) is 10.9 Å². The summed E-state index contributed by atoms with van der Waals surface area (Å²) in [7, 11) is 1.31. The Morgan fingerprint density at radius 1 is 1.56 bits per heavy atom. The molecule has 102 valence electrons. The molecular weight excluding hydrogens is 234 g/mol. The molecule has 0 saturated carbocycles. The zero-order valence-corrected chi connectivity index (χ0v) is 11.2. The van der Waals surface area contributed by atoms with Gasteiger partial charge in [-0.3, -0.25) is 0 Å². The number of rotatable bonds is 7. The molecule has 1 aromatic heterocycles. The number of anilines is 1. The number of hydrogen-bond acceptors (Lipinski definition) is 5. The molecule has 6 nitrogen and oxygen atoms in total. The Morgan fingerprint density at radius 3 is 2.89 bits per heavy atom. The van der Waals surface area contributed by atoms with Gasteiger partial charge in [0.1, 0.15) is 5.82 Å². The largest absolute Gasteiger partial charge is 0.464 e. The molecule has 0 aliphatic heterocycles. The zero-order valence-electron chi connectivity index (χ0n) is 11.2. The third kappa shape index (κ3) is 4.03. The number of imidazole rings is 1. The number of aryl methyl sites for hydroxylation is 1. The maximum Gasteiger partial charge on any atom is 0.360 e. The predicted octanol–water partition coefficient (Wildman–Crippen LogP) is 1.31. The number of nitrogens with zero attached hydrogens (tertiary/aromatic N) is 2. The lowest BCUT2D eigenvalue weighted by atomic mass is 10.2. The van der Waals surface area contributed by atoms with E-state index in [2.05, 4.69) is 23.6 Å². The van der Waals surface area contributed by atoms with Crippen LogP contribution < -0.4 is 5.73 Å². The molecule has 0 aliphatic rings. The smallest absolute Gasteiger partial charge is 0.360 e. The van der Waals surface area contributed by atoms with E-state index in [1.165, 1.54) is 7.11 Å². The first kappa shape index (κ1) is 14.5. The number of carbonyl (C=O) groups excluding carboxylic acids is 1. The molecule has 0 fully saturated rings.